The zero-order chi connectivity index (χ0) is 15.0. The number of hydrogen-bond donors (Lipinski definition) is 1. The first-order chi connectivity index (χ1) is 10.1. The van der Waals surface area contributed by atoms with Crippen LogP contribution in [0.2, 0.25) is 10.0 Å². The zero-order valence-electron chi connectivity index (χ0n) is 11.5. The second-order valence-electron chi connectivity index (χ2n) is 5.33. The molecule has 0 radical (unpaired) electrons. The summed E-state index contributed by atoms with van der Waals surface area (Å²) < 4.78 is 1.72. The summed E-state index contributed by atoms with van der Waals surface area (Å²) in [6.07, 6.45) is 4.45. The Balaban J connectivity index is 1.59. The van der Waals surface area contributed by atoms with Crippen molar-refractivity contribution >= 4 is 29.1 Å². The van der Waals surface area contributed by atoms with Gasteiger partial charge in [-0.1, -0.05) is 35.3 Å². The number of nitrogens with one attached hydrogen (secondary N) is 1. The van der Waals surface area contributed by atoms with Gasteiger partial charge in [0.1, 0.15) is 0 Å². The van der Waals surface area contributed by atoms with E-state index >= 15 is 0 Å². The molecule has 6 heteroatoms. The number of carbonyl (C=O) groups excluding carboxylic acids is 1. The molecule has 1 aromatic carbocycles. The minimum absolute atomic E-state index is 0.0161. The van der Waals surface area contributed by atoms with Crippen molar-refractivity contribution in [3.05, 3.63) is 51.8 Å². The van der Waals surface area contributed by atoms with Gasteiger partial charge in [-0.2, -0.15) is 5.10 Å². The lowest BCUT2D eigenvalue weighted by atomic mass is 10.1. The van der Waals surface area contributed by atoms with Crippen LogP contribution in [0.4, 0.5) is 0 Å². The number of benzene rings is 1. The summed E-state index contributed by atoms with van der Waals surface area (Å²) in [5.41, 5.74) is 1.95. The molecule has 1 aliphatic rings. The zero-order valence-corrected chi connectivity index (χ0v) is 13.0. The summed E-state index contributed by atoms with van der Waals surface area (Å²) in [5.74, 6) is 0.211. The third-order valence-electron chi connectivity index (χ3n) is 3.73. The van der Waals surface area contributed by atoms with E-state index < -0.39 is 0 Å². The lowest BCUT2D eigenvalue weighted by Crippen LogP contribution is -2.24. The smallest absolute Gasteiger partial charge is 0.224 e. The Morgan fingerprint density at radius 2 is 2.29 bits per heavy atom. The van der Waals surface area contributed by atoms with Crippen LogP contribution >= 0.6 is 23.2 Å². The first kappa shape index (κ1) is 14.4. The van der Waals surface area contributed by atoms with Crippen molar-refractivity contribution in [2.24, 2.45) is 13.0 Å². The third kappa shape index (κ3) is 3.06. The lowest BCUT2D eigenvalue weighted by Gasteiger charge is -2.06. The van der Waals surface area contributed by atoms with E-state index in [-0.39, 0.29) is 17.7 Å². The molecule has 0 saturated heterocycles. The number of rotatable bonds is 4. The molecule has 0 spiro atoms. The van der Waals surface area contributed by atoms with Gasteiger partial charge in [0.05, 0.1) is 16.2 Å². The quantitative estimate of drug-likeness (QED) is 0.939. The maximum atomic E-state index is 12.2. The number of halogens is 2. The number of nitrogens with zero attached hydrogens (tertiary/aromatic N) is 2. The molecular weight excluding hydrogens is 309 g/mol. The van der Waals surface area contributed by atoms with Crippen LogP contribution in [-0.2, 0) is 18.4 Å². The van der Waals surface area contributed by atoms with Crippen LogP contribution in [-0.4, -0.2) is 15.7 Å². The molecular formula is C15H15Cl2N3O. The molecule has 1 fully saturated rings. The molecule has 0 aliphatic heterocycles. The van der Waals surface area contributed by atoms with Crippen molar-refractivity contribution in [2.75, 3.05) is 0 Å². The van der Waals surface area contributed by atoms with Gasteiger partial charge in [0, 0.05) is 31.3 Å². The molecule has 0 bridgehead atoms. The van der Waals surface area contributed by atoms with Gasteiger partial charge in [-0.15, -0.1) is 0 Å². The first-order valence-corrected chi connectivity index (χ1v) is 7.51. The van der Waals surface area contributed by atoms with Gasteiger partial charge in [0.15, 0.2) is 0 Å². The fourth-order valence-electron chi connectivity index (χ4n) is 2.52. The molecule has 1 amide bonds. The largest absolute Gasteiger partial charge is 0.352 e. The number of carbonyl (C=O) groups is 1. The van der Waals surface area contributed by atoms with E-state index in [4.69, 9.17) is 23.2 Å². The molecule has 2 aromatic rings. The molecule has 1 aromatic heterocycles. The van der Waals surface area contributed by atoms with Gasteiger partial charge in [-0.3, -0.25) is 9.48 Å². The topological polar surface area (TPSA) is 46.9 Å². The standard InChI is InChI=1S/C15H15Cl2N3O/c1-20-8-9(7-19-20)6-18-15(21)12-5-11(12)10-3-2-4-13(16)14(10)17/h2-4,7-8,11-12H,5-6H2,1H3,(H,18,21)/t11-,12+/m1/s1. The maximum absolute atomic E-state index is 12.2. The minimum atomic E-state index is -0.0161. The van der Waals surface area contributed by atoms with Crippen LogP contribution < -0.4 is 5.32 Å². The van der Waals surface area contributed by atoms with E-state index in [1.807, 2.05) is 25.4 Å². The third-order valence-corrected chi connectivity index (χ3v) is 4.57. The van der Waals surface area contributed by atoms with Crippen molar-refractivity contribution in [1.82, 2.24) is 15.1 Å². The van der Waals surface area contributed by atoms with Gasteiger partial charge in [0.25, 0.3) is 0 Å². The molecule has 2 atom stereocenters. The van der Waals surface area contributed by atoms with Gasteiger partial charge >= 0.3 is 0 Å². The lowest BCUT2D eigenvalue weighted by molar-refractivity contribution is -0.122. The maximum Gasteiger partial charge on any atom is 0.224 e. The summed E-state index contributed by atoms with van der Waals surface area (Å²) in [5, 5.41) is 8.11. The SMILES string of the molecule is Cn1cc(CNC(=O)[C@H]2C[C@@H]2c2cccc(Cl)c2Cl)cn1. The summed E-state index contributed by atoms with van der Waals surface area (Å²) in [6.45, 7) is 0.499. The molecule has 1 N–H and O–H groups in total. The Morgan fingerprint density at radius 3 is 3.00 bits per heavy atom. The monoisotopic (exact) mass is 323 g/mol. The molecule has 110 valence electrons. The van der Waals surface area contributed by atoms with Gasteiger partial charge in [0.2, 0.25) is 5.91 Å². The van der Waals surface area contributed by atoms with E-state index in [2.05, 4.69) is 10.4 Å². The highest BCUT2D eigenvalue weighted by molar-refractivity contribution is 6.42. The molecule has 1 saturated carbocycles. The Hall–Kier alpha value is -1.52. The van der Waals surface area contributed by atoms with Crippen molar-refractivity contribution in [3.8, 4) is 0 Å². The van der Waals surface area contributed by atoms with Crippen molar-refractivity contribution < 1.29 is 4.79 Å². The highest BCUT2D eigenvalue weighted by Gasteiger charge is 2.44. The molecule has 1 heterocycles. The van der Waals surface area contributed by atoms with Crippen molar-refractivity contribution in [3.63, 3.8) is 0 Å². The second kappa shape index (κ2) is 5.70. The molecule has 21 heavy (non-hydrogen) atoms. The Kier molecular flexibility index (Phi) is 3.91. The minimum Gasteiger partial charge on any atom is -0.352 e. The van der Waals surface area contributed by atoms with Crippen molar-refractivity contribution in [1.29, 1.82) is 0 Å². The Labute approximate surface area is 133 Å². The summed E-state index contributed by atoms with van der Waals surface area (Å²) in [7, 11) is 1.85. The van der Waals surface area contributed by atoms with Crippen molar-refractivity contribution in [2.45, 2.75) is 18.9 Å². The Bertz CT molecular complexity index is 683. The average molecular weight is 324 g/mol. The fraction of sp³-hybridized carbons (Fsp3) is 0.333. The second-order valence-corrected chi connectivity index (χ2v) is 6.12. The number of aromatic nitrogens is 2. The summed E-state index contributed by atoms with van der Waals surface area (Å²) in [4.78, 5) is 12.2. The van der Waals surface area contributed by atoms with Crippen LogP contribution in [0.15, 0.2) is 30.6 Å². The number of hydrogen-bond acceptors (Lipinski definition) is 2. The van der Waals surface area contributed by atoms with Gasteiger partial charge in [-0.05, 0) is 24.0 Å². The predicted molar refractivity (Wildman–Crippen MR) is 82.4 cm³/mol. The molecule has 0 unspecified atom stereocenters. The number of amides is 1. The highest BCUT2D eigenvalue weighted by Crippen LogP contribution is 2.50. The van der Waals surface area contributed by atoms with Crippen LogP contribution in [0.3, 0.4) is 0 Å². The van der Waals surface area contributed by atoms with Crippen LogP contribution in [0.25, 0.3) is 0 Å². The van der Waals surface area contributed by atoms with Gasteiger partial charge in [-0.25, -0.2) is 0 Å². The van der Waals surface area contributed by atoms with Gasteiger partial charge < -0.3 is 5.32 Å². The van der Waals surface area contributed by atoms with Crippen LogP contribution in [0, 0.1) is 5.92 Å². The van der Waals surface area contributed by atoms with E-state index in [0.29, 0.717) is 16.6 Å². The molecule has 1 aliphatic carbocycles. The number of aryl methyl sites for hydroxylation is 1. The van der Waals surface area contributed by atoms with E-state index in [1.165, 1.54) is 0 Å². The van der Waals surface area contributed by atoms with E-state index in [1.54, 1.807) is 16.9 Å². The fourth-order valence-corrected chi connectivity index (χ4v) is 2.97. The first-order valence-electron chi connectivity index (χ1n) is 6.75. The average Bonchev–Trinajstić information content (AvgIpc) is 3.15. The highest BCUT2D eigenvalue weighted by atomic mass is 35.5. The summed E-state index contributed by atoms with van der Waals surface area (Å²) >= 11 is 12.2. The Morgan fingerprint density at radius 1 is 1.48 bits per heavy atom. The molecule has 3 rings (SSSR count). The summed E-state index contributed by atoms with van der Waals surface area (Å²) in [6, 6.07) is 5.56. The predicted octanol–water partition coefficient (Wildman–Crippen LogP) is 3.15. The van der Waals surface area contributed by atoms with Crippen LogP contribution in [0.1, 0.15) is 23.5 Å². The van der Waals surface area contributed by atoms with E-state index in [9.17, 15) is 4.79 Å². The normalized spacial score (nSPS) is 20.3. The van der Waals surface area contributed by atoms with E-state index in [0.717, 1.165) is 17.5 Å². The van der Waals surface area contributed by atoms with Crippen LogP contribution in [0.5, 0.6) is 0 Å². The molecule has 4 nitrogen and oxygen atoms in total.